The van der Waals surface area contributed by atoms with E-state index in [4.69, 9.17) is 79.6 Å². The van der Waals surface area contributed by atoms with Gasteiger partial charge < -0.3 is 74.0 Å². The summed E-state index contributed by atoms with van der Waals surface area (Å²) in [6.45, 7) is 12.8. The maximum atomic E-state index is 14.3. The summed E-state index contributed by atoms with van der Waals surface area (Å²) in [5.41, 5.74) is 28.7. The highest BCUT2D eigenvalue weighted by Gasteiger charge is 2.36. The molecule has 4 aliphatic carbocycles. The topological polar surface area (TPSA) is 377 Å². The number of aliphatic carboxylic acids is 2. The number of nitrogens with zero attached hydrogens (tertiary/aromatic N) is 12. The molecule has 8 atom stereocenters. The summed E-state index contributed by atoms with van der Waals surface area (Å²) < 4.78 is 53.2. The number of nitrogen functional groups attached to an aromatic ring is 1. The number of aromatic nitrogens is 8. The molecular formula is C64H84Cl4F4N20O6. The Bertz CT molecular complexity index is 3580. The van der Waals surface area contributed by atoms with Crippen LogP contribution in [0.25, 0.3) is 0 Å². The largest absolute Gasteiger partial charge is 0.481 e. The summed E-state index contributed by atoms with van der Waals surface area (Å²) in [5.74, 6) is -5.82. The summed E-state index contributed by atoms with van der Waals surface area (Å²) in [6.07, 6.45) is 13.4. The average molecular weight is 1450 g/mol. The van der Waals surface area contributed by atoms with Crippen LogP contribution in [-0.4, -0.2) is 174 Å². The van der Waals surface area contributed by atoms with Crippen molar-refractivity contribution in [2.24, 2.45) is 40.9 Å². The van der Waals surface area contributed by atoms with Gasteiger partial charge in [-0.1, -0.05) is 37.3 Å². The molecule has 2 aromatic carbocycles. The number of amides is 2. The molecule has 6 aromatic rings. The number of carboxylic acid groups (broad SMARTS) is 2. The summed E-state index contributed by atoms with van der Waals surface area (Å²) in [4.78, 5) is 83.1. The van der Waals surface area contributed by atoms with Crippen molar-refractivity contribution in [3.63, 3.8) is 0 Å². The van der Waals surface area contributed by atoms with E-state index in [0.717, 1.165) is 145 Å². The monoisotopic (exact) mass is 1440 g/mol. The molecule has 26 nitrogen and oxygen atoms in total. The SMILES string of the molecule is Cc1cc(N)ccc1N1CCN(C)CC1.Cc1cc(Nc2ncc(F)c(N[C@H]3CCCC3C(N)=O)n2)ccc1N1CCN(C)CC1.Fc1cnc(Cl)nc1Cl.NC(=O)[C@@H]1CCC[C@@H]1Nc1nc(Cl)ncc1F.N[C@H]1CCCC1C(=O)O.O=C(O)C1CCC[C@@H]1Nc1nc(Cl)ncc1F. The molecule has 98 heavy (non-hydrogen) atoms. The first kappa shape index (κ1) is 77.4. The molecule has 4 aromatic heterocycles. The van der Waals surface area contributed by atoms with E-state index in [2.05, 4.69) is 121 Å². The van der Waals surface area contributed by atoms with Crippen LogP contribution in [0.1, 0.15) is 88.2 Å². The van der Waals surface area contributed by atoms with Crippen molar-refractivity contribution < 1.29 is 47.0 Å². The zero-order chi connectivity index (χ0) is 71.3. The van der Waals surface area contributed by atoms with Crippen LogP contribution in [0.5, 0.6) is 0 Å². The average Bonchev–Trinajstić information content (AvgIpc) is 0.962. The molecule has 12 rings (SSSR count). The van der Waals surface area contributed by atoms with E-state index < -0.39 is 41.1 Å². The number of nitrogens with two attached hydrogens (primary N) is 4. The third-order valence-electron chi connectivity index (χ3n) is 17.7. The number of halogens is 8. The number of carbonyl (C=O) groups is 4. The smallest absolute Gasteiger partial charge is 0.308 e. The lowest BCUT2D eigenvalue weighted by Gasteiger charge is -2.35. The molecule has 532 valence electrons. The van der Waals surface area contributed by atoms with Gasteiger partial charge in [-0.2, -0.15) is 15.0 Å². The Kier molecular flexibility index (Phi) is 29.4. The second-order valence-corrected chi connectivity index (χ2v) is 26.0. The van der Waals surface area contributed by atoms with Crippen molar-refractivity contribution in [1.82, 2.24) is 49.7 Å². The van der Waals surface area contributed by atoms with Gasteiger partial charge in [-0.15, -0.1) is 0 Å². The van der Waals surface area contributed by atoms with E-state index in [9.17, 15) is 36.7 Å². The fourth-order valence-corrected chi connectivity index (χ4v) is 12.9. The molecule has 14 N–H and O–H groups in total. The van der Waals surface area contributed by atoms with E-state index in [1.165, 1.54) is 16.9 Å². The summed E-state index contributed by atoms with van der Waals surface area (Å²) >= 11 is 21.6. The molecule has 2 aliphatic heterocycles. The van der Waals surface area contributed by atoms with Crippen LogP contribution >= 0.6 is 46.4 Å². The highest BCUT2D eigenvalue weighted by molar-refractivity contribution is 6.31. The standard InChI is InChI=1S/C22H30FN7O.C12H19N3.C10H12ClFN4O.C10H11ClFN3O2.C6H11NO2.C4HCl2FN2/c1-14-12-15(6-7-19(14)30-10-8-29(2)9-11-30)26-22-25-13-17(23)21(28-22)27-18-5-3-4-16(18)20(24)31;1-10-9-11(13)3-4-12(10)15-7-5-14(2)6-8-15;11-10-14-4-6(12)9(16-10)15-7-3-1-2-5(7)8(13)17;11-10-13-4-6(12)8(15-10)14-7-3-1-2-5(7)9(16)17;7-5-3-1-2-4(5)6(8)9;5-3-2(7)1-8-4(6)9-3/h6-7,12-13,16,18H,3-5,8-11H2,1-2H3,(H2,24,31)(H2,25,26,27,28);3-4,9H,5-8,13H2,1-2H3;4-5,7H,1-3H2,(H2,13,17)(H,14,15,16);4-5,7H,1-3H2,(H,16,17)(H,13,14,15);4-5H,1-3,7H2,(H,8,9);1H/t16?,18-;;5-,7+;5?,7-;4?,5-;/m0.100./s1. The predicted octanol–water partition coefficient (Wildman–Crippen LogP) is 9.20. The van der Waals surface area contributed by atoms with Gasteiger partial charge in [0.1, 0.15) is 0 Å². The van der Waals surface area contributed by atoms with Gasteiger partial charge >= 0.3 is 11.9 Å². The Hall–Kier alpha value is -8.00. The Labute approximate surface area is 585 Å². The van der Waals surface area contributed by atoms with Crippen molar-refractivity contribution in [2.45, 2.75) is 115 Å². The van der Waals surface area contributed by atoms with Gasteiger partial charge in [0.05, 0.1) is 48.5 Å². The Balaban J connectivity index is 0.000000175. The highest BCUT2D eigenvalue weighted by atomic mass is 35.5. The van der Waals surface area contributed by atoms with E-state index >= 15 is 0 Å². The van der Waals surface area contributed by atoms with Crippen LogP contribution in [0, 0.1) is 60.8 Å². The molecule has 0 spiro atoms. The van der Waals surface area contributed by atoms with Gasteiger partial charge in [-0.3, -0.25) is 19.2 Å². The number of benzene rings is 2. The van der Waals surface area contributed by atoms with Crippen molar-refractivity contribution in [1.29, 1.82) is 0 Å². The van der Waals surface area contributed by atoms with Gasteiger partial charge in [0.25, 0.3) is 0 Å². The van der Waals surface area contributed by atoms with Gasteiger partial charge in [0.15, 0.2) is 45.9 Å². The first-order chi connectivity index (χ1) is 46.6. The lowest BCUT2D eigenvalue weighted by atomic mass is 10.0. The van der Waals surface area contributed by atoms with Crippen LogP contribution < -0.4 is 54.0 Å². The third kappa shape index (κ3) is 23.0. The molecule has 2 saturated heterocycles. The Morgan fingerprint density at radius 2 is 0.888 bits per heavy atom. The van der Waals surface area contributed by atoms with E-state index in [0.29, 0.717) is 31.6 Å². The molecule has 6 aliphatic rings. The van der Waals surface area contributed by atoms with E-state index in [1.807, 2.05) is 24.3 Å². The molecule has 0 radical (unpaired) electrons. The molecule has 0 bridgehead atoms. The molecule has 6 heterocycles. The number of anilines is 8. The number of hydrogen-bond acceptors (Lipinski definition) is 22. The maximum Gasteiger partial charge on any atom is 0.308 e. The first-order valence-electron chi connectivity index (χ1n) is 32.1. The summed E-state index contributed by atoms with van der Waals surface area (Å²) in [6, 6.07) is 11.5. The third-order valence-corrected chi connectivity index (χ3v) is 18.5. The van der Waals surface area contributed by atoms with E-state index in [-0.39, 0.29) is 92.2 Å². The Morgan fingerprint density at radius 1 is 0.500 bits per heavy atom. The second-order valence-electron chi connectivity index (χ2n) is 24.6. The van der Waals surface area contributed by atoms with Crippen molar-refractivity contribution in [2.75, 3.05) is 103 Å². The van der Waals surface area contributed by atoms with Crippen LogP contribution in [0.3, 0.4) is 0 Å². The number of primary amides is 2. The lowest BCUT2D eigenvalue weighted by molar-refractivity contribution is -0.142. The van der Waals surface area contributed by atoms with Crippen LogP contribution in [0.4, 0.5) is 63.7 Å². The maximum absolute atomic E-state index is 14.3. The van der Waals surface area contributed by atoms with Crippen LogP contribution in [-0.2, 0) is 19.2 Å². The quantitative estimate of drug-likeness (QED) is 0.0210. The molecule has 34 heteroatoms. The van der Waals surface area contributed by atoms with Gasteiger partial charge in [-0.25, -0.2) is 42.5 Å². The molecular weight excluding hydrogens is 1360 g/mol. The number of piperazine rings is 2. The van der Waals surface area contributed by atoms with Gasteiger partial charge in [0, 0.05) is 99.3 Å². The number of nitrogens with one attached hydrogen (secondary N) is 4. The normalized spacial score (nSPS) is 22.0. The zero-order valence-electron chi connectivity index (χ0n) is 54.8. The van der Waals surface area contributed by atoms with E-state index in [1.54, 1.807) is 0 Å². The second kappa shape index (κ2) is 37.3. The minimum Gasteiger partial charge on any atom is -0.481 e. The van der Waals surface area contributed by atoms with Crippen molar-refractivity contribution >= 4 is 116 Å². The fourth-order valence-electron chi connectivity index (χ4n) is 12.3. The Morgan fingerprint density at radius 3 is 1.29 bits per heavy atom. The fraction of sp³-hybridized carbons (Fsp3) is 0.500. The molecule has 6 fully saturated rings. The number of rotatable bonds is 14. The zero-order valence-corrected chi connectivity index (χ0v) is 57.8. The number of hydrogen-bond donors (Lipinski definition) is 10. The van der Waals surface area contributed by atoms with Crippen LogP contribution in [0.15, 0.2) is 61.2 Å². The van der Waals surface area contributed by atoms with Gasteiger partial charge in [0.2, 0.25) is 33.6 Å². The summed E-state index contributed by atoms with van der Waals surface area (Å²) in [7, 11) is 4.32. The van der Waals surface area contributed by atoms with Crippen molar-refractivity contribution in [3.05, 3.63) is 117 Å². The minimum absolute atomic E-state index is 0.0168. The number of likely N-dealkylation sites (N-methyl/N-ethyl adjacent to an activating group) is 2. The molecule has 2 amide bonds. The molecule has 3 unspecified atom stereocenters. The summed E-state index contributed by atoms with van der Waals surface area (Å²) in [5, 5.41) is 29.0. The van der Waals surface area contributed by atoms with Crippen molar-refractivity contribution in [3.8, 4) is 0 Å². The predicted molar refractivity (Wildman–Crippen MR) is 371 cm³/mol. The van der Waals surface area contributed by atoms with Crippen LogP contribution in [0.2, 0.25) is 21.0 Å². The molecule has 4 saturated carbocycles. The number of carboxylic acids is 2. The van der Waals surface area contributed by atoms with Gasteiger partial charge in [-0.05, 0) is 162 Å². The minimum atomic E-state index is -0.874. The highest BCUT2D eigenvalue weighted by Crippen LogP contribution is 2.33. The first-order valence-corrected chi connectivity index (χ1v) is 33.6. The lowest BCUT2D eigenvalue weighted by Crippen LogP contribution is -2.44. The number of aryl methyl sites for hydroxylation is 2. The number of carbonyl (C=O) groups excluding carboxylic acids is 2.